The summed E-state index contributed by atoms with van der Waals surface area (Å²) in [5, 5.41) is 7.04. The Hall–Kier alpha value is -2.34. The van der Waals surface area contributed by atoms with E-state index in [1.54, 1.807) is 0 Å². The third-order valence-electron chi connectivity index (χ3n) is 5.48. The molecule has 0 unspecified atom stereocenters. The summed E-state index contributed by atoms with van der Waals surface area (Å²) in [6.45, 7) is 10.2. The molecular formula is C23H36N6. The van der Waals surface area contributed by atoms with Crippen molar-refractivity contribution in [1.29, 1.82) is 0 Å². The molecule has 3 rings (SSSR count). The standard InChI is InChI=1S/C23H36N6/c1-3-5-14-28-15-11-21(12-16-28)27-23(24-4-2)26-18-22-25-13-17-29(22)19-20-9-7-6-8-10-20/h6-10,13,17,21H,3-5,11-12,14-16,18-19H2,1-2H3,(H2,24,26,27). The van der Waals surface area contributed by atoms with Crippen molar-refractivity contribution in [1.82, 2.24) is 25.1 Å². The van der Waals surface area contributed by atoms with Gasteiger partial charge in [0.25, 0.3) is 0 Å². The van der Waals surface area contributed by atoms with E-state index in [-0.39, 0.29) is 0 Å². The molecule has 0 amide bonds. The van der Waals surface area contributed by atoms with Crippen LogP contribution in [0.5, 0.6) is 0 Å². The minimum atomic E-state index is 0.495. The average Bonchev–Trinajstić information content (AvgIpc) is 3.19. The number of hydrogen-bond donors (Lipinski definition) is 2. The molecule has 0 spiro atoms. The first-order chi connectivity index (χ1) is 14.3. The molecule has 1 aromatic carbocycles. The maximum atomic E-state index is 4.82. The second-order valence-electron chi connectivity index (χ2n) is 7.77. The van der Waals surface area contributed by atoms with E-state index in [0.717, 1.165) is 24.9 Å². The van der Waals surface area contributed by atoms with Gasteiger partial charge in [0, 0.05) is 44.6 Å². The maximum absolute atomic E-state index is 4.82. The van der Waals surface area contributed by atoms with Crippen molar-refractivity contribution in [2.24, 2.45) is 4.99 Å². The number of piperidine rings is 1. The van der Waals surface area contributed by atoms with Crippen LogP contribution in [0.2, 0.25) is 0 Å². The monoisotopic (exact) mass is 396 g/mol. The van der Waals surface area contributed by atoms with Crippen molar-refractivity contribution >= 4 is 5.96 Å². The van der Waals surface area contributed by atoms with Gasteiger partial charge in [-0.3, -0.25) is 0 Å². The highest BCUT2D eigenvalue weighted by Gasteiger charge is 2.19. The highest BCUT2D eigenvalue weighted by atomic mass is 15.2. The highest BCUT2D eigenvalue weighted by Crippen LogP contribution is 2.11. The van der Waals surface area contributed by atoms with E-state index in [1.165, 1.54) is 50.9 Å². The van der Waals surface area contributed by atoms with Gasteiger partial charge in [0.1, 0.15) is 12.4 Å². The zero-order chi connectivity index (χ0) is 20.3. The first-order valence-corrected chi connectivity index (χ1v) is 11.1. The van der Waals surface area contributed by atoms with Crippen LogP contribution in [0.1, 0.15) is 50.9 Å². The Morgan fingerprint density at radius 2 is 1.97 bits per heavy atom. The molecule has 1 aromatic heterocycles. The number of likely N-dealkylation sites (tertiary alicyclic amines) is 1. The molecule has 0 saturated carbocycles. The molecule has 2 N–H and O–H groups in total. The molecule has 6 heteroatoms. The lowest BCUT2D eigenvalue weighted by Gasteiger charge is -2.33. The van der Waals surface area contributed by atoms with E-state index in [0.29, 0.717) is 12.6 Å². The molecule has 1 aliphatic heterocycles. The minimum Gasteiger partial charge on any atom is -0.357 e. The number of rotatable bonds is 9. The maximum Gasteiger partial charge on any atom is 0.191 e. The first-order valence-electron chi connectivity index (χ1n) is 11.1. The third kappa shape index (κ3) is 6.89. The fourth-order valence-corrected chi connectivity index (χ4v) is 3.76. The van der Waals surface area contributed by atoms with Gasteiger partial charge in [-0.25, -0.2) is 9.98 Å². The van der Waals surface area contributed by atoms with Crippen LogP contribution in [0.15, 0.2) is 47.7 Å². The van der Waals surface area contributed by atoms with Crippen LogP contribution < -0.4 is 10.6 Å². The smallest absolute Gasteiger partial charge is 0.191 e. The summed E-state index contributed by atoms with van der Waals surface area (Å²) in [6.07, 6.45) is 8.82. The predicted octanol–water partition coefficient (Wildman–Crippen LogP) is 3.25. The van der Waals surface area contributed by atoms with E-state index in [4.69, 9.17) is 4.99 Å². The fourth-order valence-electron chi connectivity index (χ4n) is 3.76. The van der Waals surface area contributed by atoms with E-state index in [1.807, 2.05) is 18.5 Å². The van der Waals surface area contributed by atoms with Gasteiger partial charge >= 0.3 is 0 Å². The molecule has 1 saturated heterocycles. The number of unbranched alkanes of at least 4 members (excludes halogenated alkanes) is 1. The van der Waals surface area contributed by atoms with Gasteiger partial charge in [-0.2, -0.15) is 0 Å². The zero-order valence-corrected chi connectivity index (χ0v) is 18.0. The Kier molecular flexibility index (Phi) is 8.56. The van der Waals surface area contributed by atoms with Gasteiger partial charge in [-0.05, 0) is 38.3 Å². The molecule has 29 heavy (non-hydrogen) atoms. The molecule has 2 heterocycles. The Labute approximate surface area is 175 Å². The Balaban J connectivity index is 1.54. The lowest BCUT2D eigenvalue weighted by atomic mass is 10.0. The van der Waals surface area contributed by atoms with Crippen molar-refractivity contribution in [3.05, 3.63) is 54.1 Å². The van der Waals surface area contributed by atoms with Crippen molar-refractivity contribution < 1.29 is 0 Å². The number of guanidine groups is 1. The van der Waals surface area contributed by atoms with Gasteiger partial charge in [-0.1, -0.05) is 43.7 Å². The summed E-state index contributed by atoms with van der Waals surface area (Å²) in [6, 6.07) is 11.0. The van der Waals surface area contributed by atoms with Crippen molar-refractivity contribution in [3.8, 4) is 0 Å². The van der Waals surface area contributed by atoms with Gasteiger partial charge in [-0.15, -0.1) is 0 Å². The molecule has 1 fully saturated rings. The second-order valence-corrected chi connectivity index (χ2v) is 7.77. The van der Waals surface area contributed by atoms with Crippen LogP contribution >= 0.6 is 0 Å². The second kappa shape index (κ2) is 11.6. The SMILES string of the molecule is CCCCN1CCC(NC(=NCc2nccn2Cc2ccccc2)NCC)CC1. The minimum absolute atomic E-state index is 0.495. The Morgan fingerprint density at radius 3 is 2.69 bits per heavy atom. The van der Waals surface area contributed by atoms with E-state index in [9.17, 15) is 0 Å². The molecule has 158 valence electrons. The number of aromatic nitrogens is 2. The predicted molar refractivity (Wildman–Crippen MR) is 120 cm³/mol. The third-order valence-corrected chi connectivity index (χ3v) is 5.48. The quantitative estimate of drug-likeness (QED) is 0.505. The summed E-state index contributed by atoms with van der Waals surface area (Å²) in [4.78, 5) is 11.9. The van der Waals surface area contributed by atoms with Crippen LogP contribution in [-0.4, -0.2) is 52.6 Å². The number of hydrogen-bond acceptors (Lipinski definition) is 3. The summed E-state index contributed by atoms with van der Waals surface area (Å²) >= 11 is 0. The van der Waals surface area contributed by atoms with E-state index < -0.39 is 0 Å². The number of imidazole rings is 1. The highest BCUT2D eigenvalue weighted by molar-refractivity contribution is 5.80. The van der Waals surface area contributed by atoms with Crippen molar-refractivity contribution in [2.75, 3.05) is 26.2 Å². The van der Waals surface area contributed by atoms with Crippen LogP contribution in [0.3, 0.4) is 0 Å². The normalized spacial score (nSPS) is 16.1. The van der Waals surface area contributed by atoms with Crippen LogP contribution in [0, 0.1) is 0 Å². The first kappa shape index (κ1) is 21.4. The topological polar surface area (TPSA) is 57.5 Å². The Morgan fingerprint density at radius 1 is 1.17 bits per heavy atom. The molecule has 6 nitrogen and oxygen atoms in total. The van der Waals surface area contributed by atoms with Crippen LogP contribution in [0.25, 0.3) is 0 Å². The lowest BCUT2D eigenvalue weighted by Crippen LogP contribution is -2.48. The molecule has 0 aliphatic carbocycles. The molecule has 0 radical (unpaired) electrons. The zero-order valence-electron chi connectivity index (χ0n) is 18.0. The molecule has 2 aromatic rings. The molecule has 0 bridgehead atoms. The van der Waals surface area contributed by atoms with Gasteiger partial charge in [0.05, 0.1) is 0 Å². The van der Waals surface area contributed by atoms with Gasteiger partial charge < -0.3 is 20.1 Å². The molecular weight excluding hydrogens is 360 g/mol. The van der Waals surface area contributed by atoms with E-state index in [2.05, 4.69) is 63.2 Å². The largest absolute Gasteiger partial charge is 0.357 e. The Bertz CT molecular complexity index is 731. The number of benzene rings is 1. The molecule has 0 atom stereocenters. The van der Waals surface area contributed by atoms with Crippen molar-refractivity contribution in [2.45, 2.75) is 58.7 Å². The van der Waals surface area contributed by atoms with Crippen molar-refractivity contribution in [3.63, 3.8) is 0 Å². The van der Waals surface area contributed by atoms with Crippen LogP contribution in [0.4, 0.5) is 0 Å². The summed E-state index contributed by atoms with van der Waals surface area (Å²) in [7, 11) is 0. The molecule has 1 aliphatic rings. The summed E-state index contributed by atoms with van der Waals surface area (Å²) < 4.78 is 2.18. The summed E-state index contributed by atoms with van der Waals surface area (Å²) in [5.74, 6) is 1.88. The van der Waals surface area contributed by atoms with E-state index >= 15 is 0 Å². The fraction of sp³-hybridized carbons (Fsp3) is 0.565. The number of aliphatic imine (C=N–C) groups is 1. The number of nitrogens with zero attached hydrogens (tertiary/aromatic N) is 4. The lowest BCUT2D eigenvalue weighted by molar-refractivity contribution is 0.203. The summed E-state index contributed by atoms with van der Waals surface area (Å²) in [5.41, 5.74) is 1.27. The van der Waals surface area contributed by atoms with Gasteiger partial charge in [0.15, 0.2) is 5.96 Å². The van der Waals surface area contributed by atoms with Crippen LogP contribution in [-0.2, 0) is 13.1 Å². The van der Waals surface area contributed by atoms with Gasteiger partial charge in [0.2, 0.25) is 0 Å². The average molecular weight is 397 g/mol. The number of nitrogens with one attached hydrogen (secondary N) is 2.